The van der Waals surface area contributed by atoms with E-state index in [1.54, 1.807) is 0 Å². The van der Waals surface area contributed by atoms with Crippen LogP contribution in [0.2, 0.25) is 0 Å². The second kappa shape index (κ2) is 13.9. The van der Waals surface area contributed by atoms with E-state index >= 15 is 0 Å². The Morgan fingerprint density at radius 1 is 0.308 bits per heavy atom. The largest absolute Gasteiger partial charge is 0.309 e. The van der Waals surface area contributed by atoms with Gasteiger partial charge >= 0.3 is 0 Å². The maximum atomic E-state index is 2.50. The fourth-order valence-electron chi connectivity index (χ4n) is 11.8. The van der Waals surface area contributed by atoms with E-state index in [1.807, 2.05) is 0 Å². The molecule has 0 spiro atoms. The Morgan fingerprint density at radius 3 is 1.55 bits per heavy atom. The van der Waals surface area contributed by atoms with E-state index < -0.39 is 0 Å². The second-order valence-corrected chi connectivity index (χ2v) is 19.2. The second-order valence-electron chi connectivity index (χ2n) is 19.2. The fraction of sp³-hybridized carbons (Fsp3) is 0.0938. The summed E-state index contributed by atoms with van der Waals surface area (Å²) in [7, 11) is 0. The minimum Gasteiger partial charge on any atom is -0.309 e. The van der Waals surface area contributed by atoms with Gasteiger partial charge in [-0.2, -0.15) is 0 Å². The quantitative estimate of drug-likeness (QED) is 0.151. The van der Waals surface area contributed by atoms with Gasteiger partial charge in [0.2, 0.25) is 0 Å². The van der Waals surface area contributed by atoms with Crippen LogP contribution >= 0.6 is 0 Å². The van der Waals surface area contributed by atoms with Crippen molar-refractivity contribution in [2.75, 3.05) is 4.90 Å². The smallest absolute Gasteiger partial charge is 0.0540 e. The minimum absolute atomic E-state index is 0.0179. The van der Waals surface area contributed by atoms with E-state index in [9.17, 15) is 0 Å². The van der Waals surface area contributed by atoms with E-state index in [2.05, 4.69) is 245 Å². The topological polar surface area (TPSA) is 3.24 Å². The summed E-state index contributed by atoms with van der Waals surface area (Å²) in [5.74, 6) is 0. The number of hydrogen-bond donors (Lipinski definition) is 0. The molecule has 0 saturated heterocycles. The highest BCUT2D eigenvalue weighted by Crippen LogP contribution is 2.56. The molecule has 1 nitrogen and oxygen atoms in total. The monoisotopic (exact) mass is 829 g/mol. The molecule has 0 aromatic heterocycles. The number of nitrogens with zero attached hydrogens (tertiary/aromatic N) is 1. The molecule has 2 aliphatic rings. The molecule has 0 bridgehead atoms. The van der Waals surface area contributed by atoms with Crippen molar-refractivity contribution >= 4 is 49.4 Å². The van der Waals surface area contributed by atoms with Crippen LogP contribution in [0.15, 0.2) is 212 Å². The number of hydrogen-bond acceptors (Lipinski definition) is 1. The lowest BCUT2D eigenvalue weighted by atomic mass is 9.80. The first-order valence-electron chi connectivity index (χ1n) is 23.0. The average Bonchev–Trinajstić information content (AvgIpc) is 3.72. The highest BCUT2D eigenvalue weighted by Gasteiger charge is 2.39. The van der Waals surface area contributed by atoms with E-state index in [1.165, 1.54) is 110 Å². The predicted octanol–water partition coefficient (Wildman–Crippen LogP) is 17.7. The van der Waals surface area contributed by atoms with Crippen molar-refractivity contribution in [1.82, 2.24) is 0 Å². The number of fused-ring (bicyclic) bond motifs is 7. The Hall–Kier alpha value is -7.74. The molecule has 0 fully saturated rings. The third kappa shape index (κ3) is 5.45. The van der Waals surface area contributed by atoms with Crippen molar-refractivity contribution in [3.63, 3.8) is 0 Å². The highest BCUT2D eigenvalue weighted by atomic mass is 15.1. The average molecular weight is 830 g/mol. The third-order valence-electron chi connectivity index (χ3n) is 15.0. The zero-order chi connectivity index (χ0) is 43.6. The van der Waals surface area contributed by atoms with Crippen LogP contribution in [0.4, 0.5) is 17.1 Å². The summed E-state index contributed by atoms with van der Waals surface area (Å²) >= 11 is 0. The molecule has 308 valence electrons. The van der Waals surface area contributed by atoms with Crippen LogP contribution < -0.4 is 4.90 Å². The minimum atomic E-state index is -0.242. The fourth-order valence-corrected chi connectivity index (χ4v) is 11.8. The molecule has 0 amide bonds. The Labute approximate surface area is 381 Å². The number of para-hydroxylation sites is 2. The van der Waals surface area contributed by atoms with Gasteiger partial charge in [-0.05, 0) is 135 Å². The Balaban J connectivity index is 1.00. The van der Waals surface area contributed by atoms with E-state index in [0.29, 0.717) is 0 Å². The van der Waals surface area contributed by atoms with Gasteiger partial charge < -0.3 is 4.90 Å². The third-order valence-corrected chi connectivity index (χ3v) is 15.0. The lowest BCUT2D eigenvalue weighted by molar-refractivity contribution is 0.660. The van der Waals surface area contributed by atoms with Crippen molar-refractivity contribution in [1.29, 1.82) is 0 Å². The van der Waals surface area contributed by atoms with Crippen molar-refractivity contribution in [2.24, 2.45) is 0 Å². The number of benzene rings is 11. The van der Waals surface area contributed by atoms with Gasteiger partial charge in [0.05, 0.1) is 11.4 Å². The maximum absolute atomic E-state index is 2.50. The summed E-state index contributed by atoms with van der Waals surface area (Å²) < 4.78 is 0. The molecule has 0 saturated carbocycles. The van der Waals surface area contributed by atoms with Crippen LogP contribution in [0.25, 0.3) is 88.0 Å². The molecule has 0 radical (unpaired) electrons. The van der Waals surface area contributed by atoms with Crippen molar-refractivity contribution < 1.29 is 0 Å². The van der Waals surface area contributed by atoms with Gasteiger partial charge in [0.25, 0.3) is 0 Å². The first kappa shape index (κ1) is 37.8. The molecule has 11 aromatic rings. The SMILES string of the molecule is CC1(C)c2ccccc2-c2cc(-c3ccc4ccc5c6c(cc7ccc3c4c75)C(C)(C)c3cc(N(c4ccccc4-c4ccccc4)c4ccccc4-c4ccccc4)ccc3-6)ccc21. The number of rotatable bonds is 6. The lowest BCUT2D eigenvalue weighted by Crippen LogP contribution is -2.17. The first-order valence-corrected chi connectivity index (χ1v) is 23.0. The number of anilines is 3. The van der Waals surface area contributed by atoms with E-state index in [0.717, 1.165) is 17.1 Å². The van der Waals surface area contributed by atoms with Crippen LogP contribution in [0.1, 0.15) is 49.9 Å². The highest BCUT2D eigenvalue weighted by molar-refractivity contribution is 6.28. The predicted molar refractivity (Wildman–Crippen MR) is 276 cm³/mol. The molecule has 2 aliphatic carbocycles. The molecular formula is C64H47N. The van der Waals surface area contributed by atoms with Crippen LogP contribution in [0.3, 0.4) is 0 Å². The molecule has 0 heterocycles. The van der Waals surface area contributed by atoms with Gasteiger partial charge in [-0.25, -0.2) is 0 Å². The Bertz CT molecular complexity index is 3620. The lowest BCUT2D eigenvalue weighted by Gasteiger charge is -2.31. The molecule has 0 atom stereocenters. The van der Waals surface area contributed by atoms with Gasteiger partial charge in [0, 0.05) is 27.6 Å². The molecule has 0 unspecified atom stereocenters. The van der Waals surface area contributed by atoms with E-state index in [-0.39, 0.29) is 10.8 Å². The van der Waals surface area contributed by atoms with Gasteiger partial charge in [-0.15, -0.1) is 0 Å². The van der Waals surface area contributed by atoms with Gasteiger partial charge in [-0.1, -0.05) is 204 Å². The van der Waals surface area contributed by atoms with Crippen molar-refractivity contribution in [2.45, 2.75) is 38.5 Å². The van der Waals surface area contributed by atoms with Gasteiger partial charge in [0.15, 0.2) is 0 Å². The maximum Gasteiger partial charge on any atom is 0.0540 e. The molecular weight excluding hydrogens is 783 g/mol. The zero-order valence-electron chi connectivity index (χ0n) is 37.2. The van der Waals surface area contributed by atoms with E-state index in [4.69, 9.17) is 0 Å². The summed E-state index contributed by atoms with van der Waals surface area (Å²) in [6.07, 6.45) is 0. The summed E-state index contributed by atoms with van der Waals surface area (Å²) in [5.41, 5.74) is 21.4. The normalized spacial score (nSPS) is 14.1. The molecule has 0 N–H and O–H groups in total. The van der Waals surface area contributed by atoms with Gasteiger partial charge in [-0.3, -0.25) is 0 Å². The molecule has 11 aromatic carbocycles. The van der Waals surface area contributed by atoms with Crippen LogP contribution in [0.5, 0.6) is 0 Å². The van der Waals surface area contributed by atoms with Crippen LogP contribution in [-0.4, -0.2) is 0 Å². The van der Waals surface area contributed by atoms with Crippen molar-refractivity contribution in [3.05, 3.63) is 235 Å². The Morgan fingerprint density at radius 2 is 0.846 bits per heavy atom. The van der Waals surface area contributed by atoms with Gasteiger partial charge in [0.1, 0.15) is 0 Å². The molecule has 65 heavy (non-hydrogen) atoms. The zero-order valence-corrected chi connectivity index (χ0v) is 37.2. The molecule has 13 rings (SSSR count). The summed E-state index contributed by atoms with van der Waals surface area (Å²) in [6.45, 7) is 9.56. The summed E-state index contributed by atoms with van der Waals surface area (Å²) in [6, 6.07) is 79.4. The summed E-state index contributed by atoms with van der Waals surface area (Å²) in [4.78, 5) is 2.49. The Kier molecular flexibility index (Phi) is 8.07. The molecule has 1 heteroatoms. The van der Waals surface area contributed by atoms with Crippen molar-refractivity contribution in [3.8, 4) is 55.6 Å². The first-order chi connectivity index (χ1) is 31.8. The van der Waals surface area contributed by atoms with Crippen LogP contribution in [0, 0.1) is 0 Å². The standard InChI is InChI=1S/C64H47N/c1-63(2)54-24-14-11-23-49(54)53-37-43(30-36-55(53)63)46-32-27-42-28-34-52-61-44(29-33-50(46)60(42)61)38-57-62(52)51-35-31-45(39-56(51)64(57,3)4)65(58-25-15-12-21-47(58)40-17-7-5-8-18-40)59-26-16-13-22-48(59)41-19-9-6-10-20-41/h5-39H,1-4H3. The molecule has 0 aliphatic heterocycles. The van der Waals surface area contributed by atoms with Crippen LogP contribution in [-0.2, 0) is 10.8 Å². The summed E-state index contributed by atoms with van der Waals surface area (Å²) in [5, 5.41) is 7.94.